The Hall–Kier alpha value is -3.11. The molecule has 0 aliphatic carbocycles. The third-order valence-electron chi connectivity index (χ3n) is 3.81. The minimum absolute atomic E-state index is 0.152. The van der Waals surface area contributed by atoms with Crippen LogP contribution in [0.25, 0.3) is 0 Å². The molecule has 0 atom stereocenters. The Morgan fingerprint density at radius 3 is 2.33 bits per heavy atom. The van der Waals surface area contributed by atoms with E-state index < -0.39 is 0 Å². The van der Waals surface area contributed by atoms with Crippen LogP contribution in [-0.4, -0.2) is 12.1 Å². The van der Waals surface area contributed by atoms with Crippen molar-refractivity contribution in [2.24, 2.45) is 5.10 Å². The fourth-order valence-corrected chi connectivity index (χ4v) is 2.52. The first-order valence-corrected chi connectivity index (χ1v) is 8.90. The Balaban J connectivity index is 1.46. The number of nitrogens with zero attached hydrogens (tertiary/aromatic N) is 1. The lowest BCUT2D eigenvalue weighted by molar-refractivity contribution is -0.120. The van der Waals surface area contributed by atoms with Crippen molar-refractivity contribution in [2.75, 3.05) is 0 Å². The van der Waals surface area contributed by atoms with Crippen molar-refractivity contribution in [2.45, 2.75) is 13.0 Å². The number of ether oxygens (including phenoxy) is 1. The molecule has 0 aromatic heterocycles. The molecule has 0 unspecified atom stereocenters. The topological polar surface area (TPSA) is 50.7 Å². The first-order valence-electron chi connectivity index (χ1n) is 8.52. The highest BCUT2D eigenvalue weighted by Crippen LogP contribution is 2.15. The maximum absolute atomic E-state index is 11.8. The number of halogens is 1. The molecule has 136 valence electrons. The predicted octanol–water partition coefficient (Wildman–Crippen LogP) is 4.61. The average Bonchev–Trinajstić information content (AvgIpc) is 2.69. The molecule has 3 rings (SSSR count). The quantitative estimate of drug-likeness (QED) is 0.482. The number of carbonyl (C=O) groups is 1. The van der Waals surface area contributed by atoms with Gasteiger partial charge in [0.25, 0.3) is 0 Å². The van der Waals surface area contributed by atoms with Crippen LogP contribution in [0, 0.1) is 0 Å². The molecule has 3 aromatic rings. The molecule has 5 heteroatoms. The van der Waals surface area contributed by atoms with E-state index in [0.29, 0.717) is 18.1 Å². The number of hydrogen-bond acceptors (Lipinski definition) is 3. The van der Waals surface area contributed by atoms with Gasteiger partial charge in [-0.25, -0.2) is 5.43 Å². The number of carbonyl (C=O) groups excluding carboxylic acids is 1. The number of hydrogen-bond donors (Lipinski definition) is 1. The SMILES string of the molecule is O=C(Cc1ccccc1)NN=Cc1ccc(OCc2ccc(Cl)cc2)cc1. The zero-order valence-corrected chi connectivity index (χ0v) is 15.4. The summed E-state index contributed by atoms with van der Waals surface area (Å²) in [6, 6.07) is 24.6. The Morgan fingerprint density at radius 1 is 0.926 bits per heavy atom. The van der Waals surface area contributed by atoms with Gasteiger partial charge in [-0.1, -0.05) is 54.1 Å². The number of amides is 1. The predicted molar refractivity (Wildman–Crippen MR) is 108 cm³/mol. The highest BCUT2D eigenvalue weighted by molar-refractivity contribution is 6.30. The Bertz CT molecular complexity index is 892. The summed E-state index contributed by atoms with van der Waals surface area (Å²) >= 11 is 5.87. The van der Waals surface area contributed by atoms with Crippen molar-refractivity contribution in [1.29, 1.82) is 0 Å². The summed E-state index contributed by atoms with van der Waals surface area (Å²) in [7, 11) is 0. The minimum atomic E-state index is -0.152. The normalized spacial score (nSPS) is 10.7. The van der Waals surface area contributed by atoms with Crippen molar-refractivity contribution < 1.29 is 9.53 Å². The van der Waals surface area contributed by atoms with E-state index in [2.05, 4.69) is 10.5 Å². The summed E-state index contributed by atoms with van der Waals surface area (Å²) in [6.45, 7) is 0.472. The Labute approximate surface area is 163 Å². The van der Waals surface area contributed by atoms with Gasteiger partial charge in [0.2, 0.25) is 5.91 Å². The highest BCUT2D eigenvalue weighted by Gasteiger charge is 2.01. The van der Waals surface area contributed by atoms with E-state index in [9.17, 15) is 4.79 Å². The summed E-state index contributed by atoms with van der Waals surface area (Å²) in [5, 5.41) is 4.70. The maximum Gasteiger partial charge on any atom is 0.244 e. The summed E-state index contributed by atoms with van der Waals surface area (Å²) in [4.78, 5) is 11.8. The van der Waals surface area contributed by atoms with Gasteiger partial charge in [0.15, 0.2) is 0 Å². The van der Waals surface area contributed by atoms with Gasteiger partial charge in [0, 0.05) is 5.02 Å². The van der Waals surface area contributed by atoms with Gasteiger partial charge >= 0.3 is 0 Å². The number of rotatable bonds is 7. The monoisotopic (exact) mass is 378 g/mol. The third-order valence-corrected chi connectivity index (χ3v) is 4.06. The van der Waals surface area contributed by atoms with Crippen LogP contribution in [-0.2, 0) is 17.8 Å². The summed E-state index contributed by atoms with van der Waals surface area (Å²) in [6.07, 6.45) is 1.90. The van der Waals surface area contributed by atoms with Gasteiger partial charge in [-0.3, -0.25) is 4.79 Å². The maximum atomic E-state index is 11.8. The molecule has 0 saturated heterocycles. The number of hydrazone groups is 1. The molecule has 0 saturated carbocycles. The van der Waals surface area contributed by atoms with Gasteiger partial charge in [-0.15, -0.1) is 0 Å². The van der Waals surface area contributed by atoms with Crippen LogP contribution in [0.4, 0.5) is 0 Å². The molecule has 0 spiro atoms. The third kappa shape index (κ3) is 6.28. The minimum Gasteiger partial charge on any atom is -0.489 e. The second-order valence-corrected chi connectivity index (χ2v) is 6.38. The summed E-state index contributed by atoms with van der Waals surface area (Å²) in [5.41, 5.74) is 5.40. The fourth-order valence-electron chi connectivity index (χ4n) is 2.40. The molecule has 0 aliphatic heterocycles. The van der Waals surface area contributed by atoms with Crippen LogP contribution in [0.1, 0.15) is 16.7 Å². The second kappa shape index (κ2) is 9.55. The van der Waals surface area contributed by atoms with Crippen molar-refractivity contribution in [1.82, 2.24) is 5.43 Å². The average molecular weight is 379 g/mol. The van der Waals surface area contributed by atoms with Crippen LogP contribution in [0.2, 0.25) is 5.02 Å². The molecule has 3 aromatic carbocycles. The smallest absolute Gasteiger partial charge is 0.244 e. The lowest BCUT2D eigenvalue weighted by atomic mass is 10.1. The molecular formula is C22H19ClN2O2. The van der Waals surface area contributed by atoms with Gasteiger partial charge < -0.3 is 4.74 Å². The van der Waals surface area contributed by atoms with E-state index in [4.69, 9.17) is 16.3 Å². The molecule has 1 N–H and O–H groups in total. The van der Waals surface area contributed by atoms with Crippen molar-refractivity contribution >= 4 is 23.7 Å². The summed E-state index contributed by atoms with van der Waals surface area (Å²) < 4.78 is 5.74. The van der Waals surface area contributed by atoms with Crippen LogP contribution >= 0.6 is 11.6 Å². The Morgan fingerprint density at radius 2 is 1.63 bits per heavy atom. The van der Waals surface area contributed by atoms with Crippen LogP contribution in [0.15, 0.2) is 84.0 Å². The highest BCUT2D eigenvalue weighted by atomic mass is 35.5. The van der Waals surface area contributed by atoms with Crippen LogP contribution in [0.5, 0.6) is 5.75 Å². The van der Waals surface area contributed by atoms with Crippen molar-refractivity contribution in [3.8, 4) is 5.75 Å². The molecule has 0 aliphatic rings. The van der Waals surface area contributed by atoms with E-state index in [0.717, 1.165) is 22.4 Å². The molecule has 27 heavy (non-hydrogen) atoms. The molecular weight excluding hydrogens is 360 g/mol. The van der Waals surface area contributed by atoms with Crippen LogP contribution in [0.3, 0.4) is 0 Å². The van der Waals surface area contributed by atoms with E-state index in [1.54, 1.807) is 6.21 Å². The van der Waals surface area contributed by atoms with E-state index in [1.165, 1.54) is 0 Å². The number of benzene rings is 3. The van der Waals surface area contributed by atoms with E-state index >= 15 is 0 Å². The first-order chi connectivity index (χ1) is 13.2. The van der Waals surface area contributed by atoms with Gasteiger partial charge in [0.1, 0.15) is 12.4 Å². The molecule has 0 radical (unpaired) electrons. The standard InChI is InChI=1S/C22H19ClN2O2/c23-20-10-6-19(7-11-20)16-27-21-12-8-18(9-13-21)15-24-25-22(26)14-17-4-2-1-3-5-17/h1-13,15H,14,16H2,(H,25,26). The van der Waals surface area contributed by atoms with Crippen molar-refractivity contribution in [3.63, 3.8) is 0 Å². The molecule has 1 amide bonds. The van der Waals surface area contributed by atoms with Crippen molar-refractivity contribution in [3.05, 3.63) is 101 Å². The lowest BCUT2D eigenvalue weighted by Crippen LogP contribution is -2.19. The van der Waals surface area contributed by atoms with E-state index in [1.807, 2.05) is 78.9 Å². The number of nitrogens with one attached hydrogen (secondary N) is 1. The molecule has 0 bridgehead atoms. The molecule has 0 heterocycles. The van der Waals surface area contributed by atoms with Gasteiger partial charge in [-0.05, 0) is 53.1 Å². The zero-order valence-electron chi connectivity index (χ0n) is 14.6. The second-order valence-electron chi connectivity index (χ2n) is 5.94. The van der Waals surface area contributed by atoms with E-state index in [-0.39, 0.29) is 5.91 Å². The molecule has 4 nitrogen and oxygen atoms in total. The summed E-state index contributed by atoms with van der Waals surface area (Å²) in [5.74, 6) is 0.607. The Kier molecular flexibility index (Phi) is 6.61. The molecule has 0 fully saturated rings. The fraction of sp³-hybridized carbons (Fsp3) is 0.0909. The lowest BCUT2D eigenvalue weighted by Gasteiger charge is -2.06. The van der Waals surface area contributed by atoms with Gasteiger partial charge in [0.05, 0.1) is 12.6 Å². The van der Waals surface area contributed by atoms with Gasteiger partial charge in [-0.2, -0.15) is 5.10 Å². The first kappa shape index (κ1) is 18.7. The zero-order chi connectivity index (χ0) is 18.9. The largest absolute Gasteiger partial charge is 0.489 e. The van der Waals surface area contributed by atoms with Crippen LogP contribution < -0.4 is 10.2 Å².